The molecule has 27 heavy (non-hydrogen) atoms. The van der Waals surface area contributed by atoms with E-state index in [4.69, 9.17) is 12.2 Å². The molecule has 0 saturated carbocycles. The fourth-order valence-corrected chi connectivity index (χ4v) is 2.46. The summed E-state index contributed by atoms with van der Waals surface area (Å²) in [6.07, 6.45) is -4.74. The van der Waals surface area contributed by atoms with Crippen LogP contribution in [0.25, 0.3) is 0 Å². The maximum absolute atomic E-state index is 12.1. The Morgan fingerprint density at radius 2 is 1.63 bits per heavy atom. The van der Waals surface area contributed by atoms with Crippen molar-refractivity contribution in [2.75, 3.05) is 17.2 Å². The third kappa shape index (κ3) is 6.78. The Morgan fingerprint density at radius 3 is 2.19 bits per heavy atom. The summed E-state index contributed by atoms with van der Waals surface area (Å²) in [5.74, 6) is -0.606. The van der Waals surface area contributed by atoms with Crippen molar-refractivity contribution < 1.29 is 22.7 Å². The number of thiocarbonyl (C=S) groups is 1. The SMILES string of the molecule is Cc1cccc(C)c1NC(=O)CNC(=S)Nc1ccc(OC(F)(F)F)cc1. The van der Waals surface area contributed by atoms with Crippen molar-refractivity contribution in [3.05, 3.63) is 53.6 Å². The van der Waals surface area contributed by atoms with Crippen molar-refractivity contribution in [3.63, 3.8) is 0 Å². The van der Waals surface area contributed by atoms with Crippen LogP contribution in [0.5, 0.6) is 5.75 Å². The molecule has 0 atom stereocenters. The molecule has 0 heterocycles. The van der Waals surface area contributed by atoms with Crippen LogP contribution in [0.3, 0.4) is 0 Å². The first-order chi connectivity index (χ1) is 12.6. The zero-order valence-electron chi connectivity index (χ0n) is 14.6. The third-order valence-corrected chi connectivity index (χ3v) is 3.75. The van der Waals surface area contributed by atoms with Gasteiger partial charge in [-0.1, -0.05) is 18.2 Å². The van der Waals surface area contributed by atoms with E-state index in [0.717, 1.165) is 28.9 Å². The van der Waals surface area contributed by atoms with Gasteiger partial charge in [0, 0.05) is 11.4 Å². The van der Waals surface area contributed by atoms with Crippen LogP contribution in [0.1, 0.15) is 11.1 Å². The van der Waals surface area contributed by atoms with E-state index in [-0.39, 0.29) is 23.3 Å². The van der Waals surface area contributed by atoms with Gasteiger partial charge in [0.2, 0.25) is 5.91 Å². The van der Waals surface area contributed by atoms with Crippen LogP contribution in [-0.4, -0.2) is 23.9 Å². The summed E-state index contributed by atoms with van der Waals surface area (Å²) in [4.78, 5) is 12.1. The molecule has 5 nitrogen and oxygen atoms in total. The lowest BCUT2D eigenvalue weighted by Crippen LogP contribution is -2.35. The number of para-hydroxylation sites is 1. The fraction of sp³-hybridized carbons (Fsp3) is 0.222. The molecular formula is C18H18F3N3O2S. The predicted octanol–water partition coefficient (Wildman–Crippen LogP) is 4.13. The number of anilines is 2. The standard InChI is InChI=1S/C18H18F3N3O2S/c1-11-4-3-5-12(2)16(11)24-15(25)10-22-17(27)23-13-6-8-14(9-7-13)26-18(19,20)21/h3-9H,10H2,1-2H3,(H,24,25)(H2,22,23,27). The maximum atomic E-state index is 12.1. The normalized spacial score (nSPS) is 10.9. The average molecular weight is 397 g/mol. The molecule has 0 aliphatic heterocycles. The predicted molar refractivity (Wildman–Crippen MR) is 102 cm³/mol. The monoisotopic (exact) mass is 397 g/mol. The number of benzene rings is 2. The zero-order valence-corrected chi connectivity index (χ0v) is 15.4. The molecule has 0 spiro atoms. The number of halogens is 3. The Hall–Kier alpha value is -2.81. The van der Waals surface area contributed by atoms with E-state index in [0.29, 0.717) is 5.69 Å². The Kier molecular flexibility index (Phi) is 6.62. The van der Waals surface area contributed by atoms with Crippen LogP contribution < -0.4 is 20.7 Å². The van der Waals surface area contributed by atoms with E-state index in [9.17, 15) is 18.0 Å². The second-order valence-electron chi connectivity index (χ2n) is 5.69. The van der Waals surface area contributed by atoms with Crippen molar-refractivity contribution in [1.82, 2.24) is 5.32 Å². The number of hydrogen-bond acceptors (Lipinski definition) is 3. The largest absolute Gasteiger partial charge is 0.573 e. The molecule has 0 aromatic heterocycles. The number of carbonyl (C=O) groups excluding carboxylic acids is 1. The quantitative estimate of drug-likeness (QED) is 0.663. The van der Waals surface area contributed by atoms with E-state index in [1.54, 1.807) is 0 Å². The molecular weight excluding hydrogens is 379 g/mol. The molecule has 3 N–H and O–H groups in total. The van der Waals surface area contributed by atoms with Crippen LogP contribution in [0.4, 0.5) is 24.5 Å². The van der Waals surface area contributed by atoms with Crippen molar-refractivity contribution in [2.24, 2.45) is 0 Å². The van der Waals surface area contributed by atoms with E-state index in [1.165, 1.54) is 12.1 Å². The molecule has 144 valence electrons. The summed E-state index contributed by atoms with van der Waals surface area (Å²) in [5, 5.41) is 8.50. The van der Waals surface area contributed by atoms with Crippen LogP contribution in [-0.2, 0) is 4.79 Å². The van der Waals surface area contributed by atoms with Crippen molar-refractivity contribution in [2.45, 2.75) is 20.2 Å². The number of nitrogens with one attached hydrogen (secondary N) is 3. The third-order valence-electron chi connectivity index (χ3n) is 3.50. The minimum absolute atomic E-state index is 0.0606. The first-order valence-electron chi connectivity index (χ1n) is 7.91. The van der Waals surface area contributed by atoms with Crippen LogP contribution in [0.2, 0.25) is 0 Å². The van der Waals surface area contributed by atoms with Gasteiger partial charge >= 0.3 is 6.36 Å². The van der Waals surface area contributed by atoms with Crippen LogP contribution in [0.15, 0.2) is 42.5 Å². The number of carbonyl (C=O) groups is 1. The van der Waals surface area contributed by atoms with Crippen LogP contribution >= 0.6 is 12.2 Å². The number of rotatable bonds is 5. The molecule has 0 aliphatic rings. The Morgan fingerprint density at radius 1 is 1.04 bits per heavy atom. The van der Waals surface area contributed by atoms with E-state index >= 15 is 0 Å². The van der Waals surface area contributed by atoms with Gasteiger partial charge in [-0.25, -0.2) is 0 Å². The second-order valence-corrected chi connectivity index (χ2v) is 6.10. The summed E-state index contributed by atoms with van der Waals surface area (Å²) < 4.78 is 40.2. The maximum Gasteiger partial charge on any atom is 0.573 e. The zero-order chi connectivity index (χ0) is 20.0. The number of hydrogen-bond donors (Lipinski definition) is 3. The summed E-state index contributed by atoms with van der Waals surface area (Å²) in [5.41, 5.74) is 3.11. The summed E-state index contributed by atoms with van der Waals surface area (Å²) >= 11 is 5.08. The van der Waals surface area contributed by atoms with Gasteiger partial charge in [-0.3, -0.25) is 4.79 Å². The van der Waals surface area contributed by atoms with Crippen molar-refractivity contribution in [3.8, 4) is 5.75 Å². The molecule has 1 amide bonds. The van der Waals surface area contributed by atoms with Gasteiger partial charge in [-0.2, -0.15) is 0 Å². The molecule has 0 aliphatic carbocycles. The van der Waals surface area contributed by atoms with E-state index in [2.05, 4.69) is 20.7 Å². The molecule has 2 aromatic carbocycles. The minimum atomic E-state index is -4.74. The molecule has 0 unspecified atom stereocenters. The first kappa shape index (κ1) is 20.5. The van der Waals surface area contributed by atoms with Gasteiger partial charge in [0.05, 0.1) is 6.54 Å². The molecule has 0 bridgehead atoms. The number of ether oxygens (including phenoxy) is 1. The smallest absolute Gasteiger partial charge is 0.406 e. The van der Waals surface area contributed by atoms with Gasteiger partial charge in [0.1, 0.15) is 5.75 Å². The first-order valence-corrected chi connectivity index (χ1v) is 8.31. The highest BCUT2D eigenvalue weighted by Gasteiger charge is 2.30. The number of amides is 1. The molecule has 0 radical (unpaired) electrons. The molecule has 9 heteroatoms. The summed E-state index contributed by atoms with van der Waals surface area (Å²) in [6.45, 7) is 3.73. The van der Waals surface area contributed by atoms with Crippen molar-refractivity contribution >= 4 is 34.6 Å². The average Bonchev–Trinajstić information content (AvgIpc) is 2.57. The van der Waals surface area contributed by atoms with E-state index < -0.39 is 6.36 Å². The Balaban J connectivity index is 1.83. The highest BCUT2D eigenvalue weighted by molar-refractivity contribution is 7.80. The molecule has 0 saturated heterocycles. The lowest BCUT2D eigenvalue weighted by atomic mass is 10.1. The fourth-order valence-electron chi connectivity index (χ4n) is 2.27. The topological polar surface area (TPSA) is 62.4 Å². The van der Waals surface area contributed by atoms with E-state index in [1.807, 2.05) is 32.0 Å². The second kappa shape index (κ2) is 8.72. The molecule has 0 fully saturated rings. The molecule has 2 rings (SSSR count). The lowest BCUT2D eigenvalue weighted by Gasteiger charge is -2.14. The van der Waals surface area contributed by atoms with Gasteiger partial charge in [-0.15, -0.1) is 13.2 Å². The lowest BCUT2D eigenvalue weighted by molar-refractivity contribution is -0.274. The Bertz CT molecular complexity index is 803. The van der Waals surface area contributed by atoms with Gasteiger partial charge in [0.15, 0.2) is 5.11 Å². The van der Waals surface area contributed by atoms with Gasteiger partial charge in [0.25, 0.3) is 0 Å². The van der Waals surface area contributed by atoms with Gasteiger partial charge in [-0.05, 0) is 61.5 Å². The summed E-state index contributed by atoms with van der Waals surface area (Å²) in [6, 6.07) is 10.8. The highest BCUT2D eigenvalue weighted by Crippen LogP contribution is 2.24. The number of alkyl halides is 3. The molecule has 2 aromatic rings. The Labute approximate surface area is 159 Å². The van der Waals surface area contributed by atoms with Gasteiger partial charge < -0.3 is 20.7 Å². The van der Waals surface area contributed by atoms with Crippen molar-refractivity contribution in [1.29, 1.82) is 0 Å². The number of aryl methyl sites for hydroxylation is 2. The summed E-state index contributed by atoms with van der Waals surface area (Å²) in [7, 11) is 0. The van der Waals surface area contributed by atoms with Crippen LogP contribution in [0, 0.1) is 13.8 Å². The minimum Gasteiger partial charge on any atom is -0.406 e. The highest BCUT2D eigenvalue weighted by atomic mass is 32.1.